The minimum atomic E-state index is -1.02. The van der Waals surface area contributed by atoms with Crippen molar-refractivity contribution in [2.45, 2.75) is 11.6 Å². The molecule has 116 valence electrons. The molecule has 3 aliphatic rings. The van der Waals surface area contributed by atoms with Crippen LogP contribution in [0.15, 0.2) is 19.7 Å². The van der Waals surface area contributed by atoms with Gasteiger partial charge in [-0.3, -0.25) is 0 Å². The Balaban J connectivity index is 1.88. The first-order valence-corrected chi connectivity index (χ1v) is 10.0. The third-order valence-electron chi connectivity index (χ3n) is 4.14. The largest absolute Gasteiger partial charge is 0.339 e. The highest BCUT2D eigenvalue weighted by Gasteiger charge is 2.67. The Morgan fingerprint density at radius 2 is 1.09 bits per heavy atom. The van der Waals surface area contributed by atoms with Crippen LogP contribution in [0, 0.1) is 0 Å². The maximum Gasteiger partial charge on any atom is 0.257 e. The summed E-state index contributed by atoms with van der Waals surface area (Å²) in [5, 5.41) is 0. The number of ether oxygens (including phenoxy) is 4. The Kier molecular flexibility index (Phi) is 3.21. The molecule has 0 amide bonds. The Hall–Kier alpha value is 0.200. The van der Waals surface area contributed by atoms with Crippen molar-refractivity contribution in [1.82, 2.24) is 0 Å². The van der Waals surface area contributed by atoms with Crippen LogP contribution >= 0.6 is 54.5 Å². The van der Waals surface area contributed by atoms with Crippen molar-refractivity contribution in [1.29, 1.82) is 0 Å². The molecule has 2 aromatic heterocycles. The first-order valence-electron chi connectivity index (χ1n) is 6.82. The smallest absolute Gasteiger partial charge is 0.257 e. The normalized spacial score (nSPS) is 24.1. The van der Waals surface area contributed by atoms with Gasteiger partial charge in [-0.25, -0.2) is 0 Å². The van der Waals surface area contributed by atoms with Crippen molar-refractivity contribution in [3.05, 3.63) is 30.8 Å². The van der Waals surface area contributed by atoms with Gasteiger partial charge in [-0.1, -0.05) is 0 Å². The summed E-state index contributed by atoms with van der Waals surface area (Å²) in [6, 6.07) is 4.13. The maximum atomic E-state index is 6.13. The molecule has 2 aliphatic heterocycles. The van der Waals surface area contributed by atoms with Crippen LogP contribution in [0.25, 0.3) is 9.75 Å². The molecule has 0 saturated carbocycles. The van der Waals surface area contributed by atoms with Gasteiger partial charge in [0.15, 0.2) is 0 Å². The Morgan fingerprint density at radius 3 is 1.45 bits per heavy atom. The molecule has 0 N–H and O–H groups in total. The summed E-state index contributed by atoms with van der Waals surface area (Å²) in [6.07, 6.45) is 0. The van der Waals surface area contributed by atoms with Gasteiger partial charge >= 0.3 is 0 Å². The van der Waals surface area contributed by atoms with E-state index in [1.807, 2.05) is 0 Å². The number of hydrogen-bond acceptors (Lipinski definition) is 6. The molecule has 0 radical (unpaired) electrons. The minimum absolute atomic E-state index is 0.530. The van der Waals surface area contributed by atoms with Crippen LogP contribution in [0.2, 0.25) is 0 Å². The molecule has 22 heavy (non-hydrogen) atoms. The average Bonchev–Trinajstić information content (AvgIpc) is 3.22. The van der Waals surface area contributed by atoms with Crippen LogP contribution in [0.1, 0.15) is 11.1 Å². The summed E-state index contributed by atoms with van der Waals surface area (Å²) >= 11 is 10.6. The molecule has 2 spiro atoms. The molecule has 5 rings (SSSR count). The third kappa shape index (κ3) is 1.65. The van der Waals surface area contributed by atoms with Crippen molar-refractivity contribution >= 4 is 54.5 Å². The lowest BCUT2D eigenvalue weighted by Crippen LogP contribution is -2.53. The van der Waals surface area contributed by atoms with E-state index in [1.165, 1.54) is 0 Å². The molecule has 2 fully saturated rings. The molecule has 0 aromatic carbocycles. The first-order chi connectivity index (χ1) is 10.7. The predicted molar refractivity (Wildman–Crippen MR) is 90.2 cm³/mol. The quantitative estimate of drug-likeness (QED) is 0.577. The third-order valence-corrected chi connectivity index (χ3v) is 7.58. The fourth-order valence-corrected chi connectivity index (χ4v) is 6.85. The summed E-state index contributed by atoms with van der Waals surface area (Å²) < 4.78 is 26.6. The second-order valence-corrected chi connectivity index (χ2v) is 10.1. The zero-order valence-corrected chi connectivity index (χ0v) is 16.0. The zero-order chi connectivity index (χ0) is 14.9. The molecular formula is C14H10Br2O4S2. The van der Waals surface area contributed by atoms with Gasteiger partial charge in [0.1, 0.15) is 0 Å². The molecular weight excluding hydrogens is 456 g/mol. The average molecular weight is 466 g/mol. The van der Waals surface area contributed by atoms with E-state index in [9.17, 15) is 0 Å². The van der Waals surface area contributed by atoms with Gasteiger partial charge in [0.2, 0.25) is 0 Å². The second-order valence-electron chi connectivity index (χ2n) is 5.21. The Bertz CT molecular complexity index is 693. The lowest BCUT2D eigenvalue weighted by Gasteiger charge is -2.44. The molecule has 1 aliphatic carbocycles. The number of thiophene rings is 2. The van der Waals surface area contributed by atoms with Gasteiger partial charge in [0.25, 0.3) is 11.6 Å². The molecule has 4 nitrogen and oxygen atoms in total. The topological polar surface area (TPSA) is 36.9 Å². The van der Waals surface area contributed by atoms with Crippen LogP contribution in [0.3, 0.4) is 0 Å². The van der Waals surface area contributed by atoms with E-state index in [2.05, 4.69) is 44.0 Å². The van der Waals surface area contributed by atoms with Crippen LogP contribution in [-0.2, 0) is 30.5 Å². The second kappa shape index (κ2) is 4.86. The van der Waals surface area contributed by atoms with E-state index in [0.29, 0.717) is 26.4 Å². The Labute approximate surface area is 151 Å². The highest BCUT2D eigenvalue weighted by atomic mass is 79.9. The number of rotatable bonds is 0. The SMILES string of the molecule is Brc1cc2c(s1)-c1sc(Br)cc1C1(OCCO1)C21OCCO1. The molecule has 2 saturated heterocycles. The van der Waals surface area contributed by atoms with Crippen molar-refractivity contribution < 1.29 is 18.9 Å². The van der Waals surface area contributed by atoms with Gasteiger partial charge in [0.05, 0.1) is 43.8 Å². The van der Waals surface area contributed by atoms with Crippen molar-refractivity contribution in [3.8, 4) is 9.75 Å². The van der Waals surface area contributed by atoms with Crippen LogP contribution in [0.4, 0.5) is 0 Å². The highest BCUT2D eigenvalue weighted by Crippen LogP contribution is 2.63. The van der Waals surface area contributed by atoms with Gasteiger partial charge in [-0.05, 0) is 44.0 Å². The van der Waals surface area contributed by atoms with Crippen molar-refractivity contribution in [2.75, 3.05) is 26.4 Å². The highest BCUT2D eigenvalue weighted by molar-refractivity contribution is 9.11. The van der Waals surface area contributed by atoms with E-state index >= 15 is 0 Å². The number of halogens is 2. The Morgan fingerprint density at radius 1 is 0.727 bits per heavy atom. The van der Waals surface area contributed by atoms with Gasteiger partial charge in [0, 0.05) is 11.1 Å². The van der Waals surface area contributed by atoms with Gasteiger partial charge < -0.3 is 18.9 Å². The number of hydrogen-bond donors (Lipinski definition) is 0. The van der Waals surface area contributed by atoms with Gasteiger partial charge in [-0.15, -0.1) is 22.7 Å². The molecule has 0 unspecified atom stereocenters. The van der Waals surface area contributed by atoms with Crippen molar-refractivity contribution in [2.24, 2.45) is 0 Å². The summed E-state index contributed by atoms with van der Waals surface area (Å²) in [4.78, 5) is 2.31. The molecule has 4 heterocycles. The number of fused-ring (bicyclic) bond motifs is 6. The fraction of sp³-hybridized carbons (Fsp3) is 0.429. The first kappa shape index (κ1) is 14.5. The lowest BCUT2D eigenvalue weighted by molar-refractivity contribution is -0.365. The maximum absolute atomic E-state index is 6.13. The predicted octanol–water partition coefficient (Wildman–Crippen LogP) is 4.41. The summed E-state index contributed by atoms with van der Waals surface area (Å²) in [6.45, 7) is 2.12. The van der Waals surface area contributed by atoms with E-state index in [0.717, 1.165) is 28.5 Å². The summed E-state index contributed by atoms with van der Waals surface area (Å²) in [5.74, 6) is -2.04. The van der Waals surface area contributed by atoms with Gasteiger partial charge in [-0.2, -0.15) is 0 Å². The molecule has 2 aromatic rings. The lowest BCUT2D eigenvalue weighted by atomic mass is 9.85. The molecule has 0 bridgehead atoms. The monoisotopic (exact) mass is 464 g/mol. The summed E-state index contributed by atoms with van der Waals surface area (Å²) in [7, 11) is 0. The van der Waals surface area contributed by atoms with Crippen molar-refractivity contribution in [3.63, 3.8) is 0 Å². The fourth-order valence-electron chi connectivity index (χ4n) is 3.42. The zero-order valence-electron chi connectivity index (χ0n) is 11.2. The molecule has 8 heteroatoms. The standard InChI is InChI=1S/C14H10Br2O4S2/c15-9-5-7-11(21-9)12-8(6-10(16)22-12)14(19-3-4-20-14)13(7)17-1-2-18-13/h5-6H,1-4H2. The van der Waals surface area contributed by atoms with E-state index < -0.39 is 11.6 Å². The van der Waals surface area contributed by atoms with E-state index in [-0.39, 0.29) is 0 Å². The van der Waals surface area contributed by atoms with E-state index in [1.54, 1.807) is 22.7 Å². The molecule has 0 atom stereocenters. The van der Waals surface area contributed by atoms with Crippen LogP contribution in [0.5, 0.6) is 0 Å². The van der Waals surface area contributed by atoms with Crippen LogP contribution < -0.4 is 0 Å². The van der Waals surface area contributed by atoms with E-state index in [4.69, 9.17) is 18.9 Å². The van der Waals surface area contributed by atoms with Crippen LogP contribution in [-0.4, -0.2) is 26.4 Å². The summed E-state index contributed by atoms with van der Waals surface area (Å²) in [5.41, 5.74) is 1.98. The minimum Gasteiger partial charge on any atom is -0.339 e.